The van der Waals surface area contributed by atoms with Gasteiger partial charge in [-0.2, -0.15) is 0 Å². The highest BCUT2D eigenvalue weighted by Crippen LogP contribution is 2.36. The number of hydrogen-bond acceptors (Lipinski definition) is 5. The molecule has 0 saturated carbocycles. The molecule has 8 nitrogen and oxygen atoms in total. The highest BCUT2D eigenvalue weighted by molar-refractivity contribution is 5.79. The molecule has 1 aromatic carbocycles. The molecule has 0 aliphatic carbocycles. The van der Waals surface area contributed by atoms with E-state index in [2.05, 4.69) is 0 Å². The van der Waals surface area contributed by atoms with Crippen molar-refractivity contribution in [1.82, 2.24) is 4.90 Å². The Morgan fingerprint density at radius 1 is 1.52 bits per heavy atom. The van der Waals surface area contributed by atoms with Crippen LogP contribution in [0.4, 0.5) is 16.2 Å². The third-order valence-corrected chi connectivity index (χ3v) is 3.37. The number of amides is 1. The van der Waals surface area contributed by atoms with Crippen molar-refractivity contribution in [1.29, 1.82) is 0 Å². The van der Waals surface area contributed by atoms with Gasteiger partial charge in [0.1, 0.15) is 5.75 Å². The van der Waals surface area contributed by atoms with Crippen molar-refractivity contribution in [3.8, 4) is 5.75 Å². The maximum atomic E-state index is 11.2. The van der Waals surface area contributed by atoms with Gasteiger partial charge >= 0.3 is 6.09 Å². The van der Waals surface area contributed by atoms with Gasteiger partial charge in [-0.3, -0.25) is 10.1 Å². The van der Waals surface area contributed by atoms with Gasteiger partial charge in [0, 0.05) is 19.2 Å². The zero-order valence-electron chi connectivity index (χ0n) is 11.4. The molecule has 0 bridgehead atoms. The number of methoxy groups -OCH3 is 1. The van der Waals surface area contributed by atoms with E-state index in [1.807, 2.05) is 0 Å². The van der Waals surface area contributed by atoms with Crippen LogP contribution < -0.4 is 10.5 Å². The summed E-state index contributed by atoms with van der Waals surface area (Å²) in [6, 6.07) is 2.79. The summed E-state index contributed by atoms with van der Waals surface area (Å²) in [5, 5.41) is 20.1. The van der Waals surface area contributed by atoms with Crippen molar-refractivity contribution < 1.29 is 19.6 Å². The van der Waals surface area contributed by atoms with Crippen LogP contribution in [0.2, 0.25) is 0 Å². The van der Waals surface area contributed by atoms with Crippen LogP contribution >= 0.6 is 0 Å². The van der Waals surface area contributed by atoms with Gasteiger partial charge in [-0.1, -0.05) is 6.08 Å². The lowest BCUT2D eigenvalue weighted by Gasteiger charge is -2.24. The molecule has 0 fully saturated rings. The average molecular weight is 293 g/mol. The summed E-state index contributed by atoms with van der Waals surface area (Å²) in [4.78, 5) is 22.8. The number of nitro benzene ring substituents is 1. The van der Waals surface area contributed by atoms with Crippen LogP contribution in [0.25, 0.3) is 5.57 Å². The summed E-state index contributed by atoms with van der Waals surface area (Å²) in [6.45, 7) is 0.500. The standard InChI is InChI=1S/C13H15N3O5/c1-21-12-6-9(11(16(19)20)7-10(12)14)8-2-4-15(5-3-8)13(17)18/h2,6-7H,3-5,14H2,1H3,(H,17,18). The Morgan fingerprint density at radius 3 is 2.71 bits per heavy atom. The second-order valence-electron chi connectivity index (χ2n) is 4.58. The van der Waals surface area contributed by atoms with E-state index < -0.39 is 11.0 Å². The summed E-state index contributed by atoms with van der Waals surface area (Å²) in [6.07, 6.45) is 1.07. The number of nitro groups is 1. The van der Waals surface area contributed by atoms with Crippen LogP contribution in [-0.2, 0) is 0 Å². The number of benzene rings is 1. The summed E-state index contributed by atoms with van der Waals surface area (Å²) in [5.41, 5.74) is 6.91. The first-order valence-electron chi connectivity index (χ1n) is 6.23. The molecule has 1 heterocycles. The lowest BCUT2D eigenvalue weighted by atomic mass is 9.97. The summed E-state index contributed by atoms with van der Waals surface area (Å²) < 4.78 is 5.09. The minimum absolute atomic E-state index is 0.108. The molecule has 0 aromatic heterocycles. The van der Waals surface area contributed by atoms with Crippen molar-refractivity contribution in [3.05, 3.63) is 33.9 Å². The zero-order chi connectivity index (χ0) is 15.6. The Hall–Kier alpha value is -2.77. The fraction of sp³-hybridized carbons (Fsp3) is 0.308. The molecular formula is C13H15N3O5. The predicted octanol–water partition coefficient (Wildman–Crippen LogP) is 1.95. The number of anilines is 1. The first-order valence-corrected chi connectivity index (χ1v) is 6.23. The van der Waals surface area contributed by atoms with Crippen LogP contribution in [0.15, 0.2) is 18.2 Å². The maximum Gasteiger partial charge on any atom is 0.407 e. The summed E-state index contributed by atoms with van der Waals surface area (Å²) >= 11 is 0. The fourth-order valence-corrected chi connectivity index (χ4v) is 2.26. The third kappa shape index (κ3) is 2.88. The van der Waals surface area contributed by atoms with Gasteiger partial charge in [-0.05, 0) is 18.1 Å². The molecule has 0 radical (unpaired) electrons. The highest BCUT2D eigenvalue weighted by Gasteiger charge is 2.24. The Balaban J connectivity index is 2.43. The van der Waals surface area contributed by atoms with Crippen molar-refractivity contribution in [3.63, 3.8) is 0 Å². The number of rotatable bonds is 3. The summed E-state index contributed by atoms with van der Waals surface area (Å²) in [5.74, 6) is 0.358. The topological polar surface area (TPSA) is 119 Å². The second-order valence-corrected chi connectivity index (χ2v) is 4.58. The molecule has 1 aliphatic heterocycles. The zero-order valence-corrected chi connectivity index (χ0v) is 11.4. The van der Waals surface area contributed by atoms with E-state index in [-0.39, 0.29) is 17.9 Å². The minimum Gasteiger partial charge on any atom is -0.495 e. The lowest BCUT2D eigenvalue weighted by Crippen LogP contribution is -2.33. The smallest absolute Gasteiger partial charge is 0.407 e. The summed E-state index contributed by atoms with van der Waals surface area (Å²) in [7, 11) is 1.43. The molecule has 21 heavy (non-hydrogen) atoms. The predicted molar refractivity (Wildman–Crippen MR) is 76.3 cm³/mol. The molecule has 0 unspecified atom stereocenters. The van der Waals surface area contributed by atoms with Crippen LogP contribution in [-0.4, -0.2) is 41.2 Å². The van der Waals surface area contributed by atoms with E-state index >= 15 is 0 Å². The minimum atomic E-state index is -1.00. The average Bonchev–Trinajstić information content (AvgIpc) is 2.47. The van der Waals surface area contributed by atoms with Crippen molar-refractivity contribution in [2.45, 2.75) is 6.42 Å². The number of nitrogens with zero attached hydrogens (tertiary/aromatic N) is 2. The van der Waals surface area contributed by atoms with Crippen LogP contribution in [0.5, 0.6) is 5.75 Å². The number of nitrogens with two attached hydrogens (primary N) is 1. The Morgan fingerprint density at radius 2 is 2.24 bits per heavy atom. The number of hydrogen-bond donors (Lipinski definition) is 2. The van der Waals surface area contributed by atoms with E-state index in [9.17, 15) is 14.9 Å². The van der Waals surface area contributed by atoms with Crippen LogP contribution in [0, 0.1) is 10.1 Å². The van der Waals surface area contributed by atoms with E-state index in [4.69, 9.17) is 15.6 Å². The van der Waals surface area contributed by atoms with E-state index in [0.717, 1.165) is 5.57 Å². The fourth-order valence-electron chi connectivity index (χ4n) is 2.26. The molecule has 0 saturated heterocycles. The third-order valence-electron chi connectivity index (χ3n) is 3.37. The maximum absolute atomic E-state index is 11.2. The van der Waals surface area contributed by atoms with Gasteiger partial charge in [0.15, 0.2) is 0 Å². The molecule has 0 spiro atoms. The molecule has 1 aliphatic rings. The monoisotopic (exact) mass is 293 g/mol. The van der Waals surface area contributed by atoms with Crippen molar-refractivity contribution in [2.24, 2.45) is 0 Å². The van der Waals surface area contributed by atoms with Gasteiger partial charge < -0.3 is 20.5 Å². The highest BCUT2D eigenvalue weighted by atomic mass is 16.6. The first kappa shape index (κ1) is 14.6. The number of ether oxygens (including phenoxy) is 1. The largest absolute Gasteiger partial charge is 0.495 e. The van der Waals surface area contributed by atoms with Crippen molar-refractivity contribution in [2.75, 3.05) is 25.9 Å². The van der Waals surface area contributed by atoms with E-state index in [1.54, 1.807) is 6.08 Å². The Bertz CT molecular complexity index is 626. The molecule has 1 amide bonds. The lowest BCUT2D eigenvalue weighted by molar-refractivity contribution is -0.385. The SMILES string of the molecule is COc1cc(C2=CCN(C(=O)O)CC2)c([N+](=O)[O-])cc1N. The quantitative estimate of drug-likeness (QED) is 0.499. The number of carbonyl (C=O) groups is 1. The molecule has 0 atom stereocenters. The molecule has 1 aromatic rings. The van der Waals surface area contributed by atoms with Crippen LogP contribution in [0.1, 0.15) is 12.0 Å². The van der Waals surface area contributed by atoms with Crippen molar-refractivity contribution >= 4 is 23.0 Å². The normalized spacial score (nSPS) is 14.5. The molecule has 2 rings (SSSR count). The number of carboxylic acid groups (broad SMARTS) is 1. The first-order chi connectivity index (χ1) is 9.93. The molecular weight excluding hydrogens is 278 g/mol. The Kier molecular flexibility index (Phi) is 3.97. The van der Waals surface area contributed by atoms with E-state index in [0.29, 0.717) is 24.3 Å². The second kappa shape index (κ2) is 5.70. The van der Waals surface area contributed by atoms with Gasteiger partial charge in [0.2, 0.25) is 0 Å². The molecule has 112 valence electrons. The number of nitrogen functional groups attached to an aromatic ring is 1. The van der Waals surface area contributed by atoms with Crippen LogP contribution in [0.3, 0.4) is 0 Å². The van der Waals surface area contributed by atoms with E-state index in [1.165, 1.54) is 24.1 Å². The molecule has 8 heteroatoms. The Labute approximate surface area is 120 Å². The van der Waals surface area contributed by atoms with Gasteiger partial charge in [0.05, 0.1) is 23.3 Å². The van der Waals surface area contributed by atoms with Gasteiger partial charge in [0.25, 0.3) is 5.69 Å². The van der Waals surface area contributed by atoms with Gasteiger partial charge in [-0.25, -0.2) is 4.79 Å². The molecule has 3 N–H and O–H groups in total. The van der Waals surface area contributed by atoms with Gasteiger partial charge in [-0.15, -0.1) is 0 Å².